The van der Waals surface area contributed by atoms with Crippen LogP contribution in [0.15, 0.2) is 91.0 Å². The van der Waals surface area contributed by atoms with E-state index in [1.807, 2.05) is 0 Å². The molecule has 2 heterocycles. The molecule has 4 aromatic carbocycles. The van der Waals surface area contributed by atoms with E-state index in [1.165, 1.54) is 38.2 Å². The molecule has 6 rings (SSSR count). The molecule has 2 unspecified atom stereocenters. The molecule has 0 saturated carbocycles. The van der Waals surface area contributed by atoms with Gasteiger partial charge in [0, 0.05) is 12.6 Å². The molecule has 0 aromatic heterocycles. The lowest BCUT2D eigenvalue weighted by molar-refractivity contribution is -0.0402. The summed E-state index contributed by atoms with van der Waals surface area (Å²) in [5.41, 5.74) is 4.27. The van der Waals surface area contributed by atoms with E-state index in [0.717, 1.165) is 26.2 Å². The Balaban J connectivity index is 1.48. The van der Waals surface area contributed by atoms with E-state index < -0.39 is 0 Å². The summed E-state index contributed by atoms with van der Waals surface area (Å²) in [5, 5.41) is 5.36. The first kappa shape index (κ1) is 17.9. The van der Waals surface area contributed by atoms with Crippen LogP contribution in [0.25, 0.3) is 27.1 Å². The Morgan fingerprint density at radius 3 is 2.13 bits per heavy atom. The maximum absolute atomic E-state index is 5.98. The Morgan fingerprint density at radius 2 is 1.43 bits per heavy atom. The Bertz CT molecular complexity index is 1190. The van der Waals surface area contributed by atoms with Crippen LogP contribution in [0.3, 0.4) is 0 Å². The number of fused-ring (bicyclic) bond motifs is 4. The monoisotopic (exact) mass is 391 g/mol. The van der Waals surface area contributed by atoms with Crippen LogP contribution < -0.4 is 0 Å². The topological polar surface area (TPSA) is 12.5 Å². The summed E-state index contributed by atoms with van der Waals surface area (Å²) in [6.07, 6.45) is 3.51. The first-order valence-corrected chi connectivity index (χ1v) is 10.9. The Hall–Kier alpha value is -2.94. The van der Waals surface area contributed by atoms with Gasteiger partial charge in [-0.25, -0.2) is 0 Å². The molecule has 2 aliphatic heterocycles. The van der Waals surface area contributed by atoms with Crippen molar-refractivity contribution in [3.63, 3.8) is 0 Å². The minimum atomic E-state index is 0.324. The van der Waals surface area contributed by atoms with Crippen LogP contribution in [0.5, 0.6) is 0 Å². The zero-order valence-electron chi connectivity index (χ0n) is 17.0. The molecule has 2 bridgehead atoms. The van der Waals surface area contributed by atoms with Crippen molar-refractivity contribution in [2.45, 2.75) is 25.0 Å². The van der Waals surface area contributed by atoms with E-state index in [2.05, 4.69) is 95.9 Å². The minimum Gasteiger partial charge on any atom is -0.378 e. The smallest absolute Gasteiger partial charge is 0.0658 e. The van der Waals surface area contributed by atoms with Gasteiger partial charge in [-0.2, -0.15) is 0 Å². The maximum Gasteiger partial charge on any atom is 0.0658 e. The summed E-state index contributed by atoms with van der Waals surface area (Å²) >= 11 is 0. The first-order chi connectivity index (χ1) is 14.9. The van der Waals surface area contributed by atoms with Crippen molar-refractivity contribution >= 4 is 27.1 Å². The molecule has 0 amide bonds. The SMILES string of the molecule is C1=C(c2c3ccccc3cc3ccccc23)CC2COCC1N2Cc1ccccc1. The number of ether oxygens (including phenoxy) is 1. The zero-order valence-corrected chi connectivity index (χ0v) is 17.0. The molecule has 2 atom stereocenters. The molecule has 0 N–H and O–H groups in total. The Morgan fingerprint density at radius 1 is 0.767 bits per heavy atom. The lowest BCUT2D eigenvalue weighted by Gasteiger charge is -2.45. The number of morpholine rings is 1. The van der Waals surface area contributed by atoms with Crippen LogP contribution in [-0.4, -0.2) is 30.2 Å². The van der Waals surface area contributed by atoms with Gasteiger partial charge in [-0.15, -0.1) is 0 Å². The average molecular weight is 392 g/mol. The summed E-state index contributed by atoms with van der Waals surface area (Å²) in [6, 6.07) is 31.5. The second-order valence-electron chi connectivity index (χ2n) is 8.51. The quantitative estimate of drug-likeness (QED) is 0.394. The molecular formula is C28H25NO. The number of benzene rings is 4. The van der Waals surface area contributed by atoms with Crippen LogP contribution in [0.1, 0.15) is 17.5 Å². The zero-order chi connectivity index (χ0) is 19.9. The fourth-order valence-electron chi connectivity index (χ4n) is 5.25. The molecule has 0 radical (unpaired) electrons. The second kappa shape index (κ2) is 7.39. The van der Waals surface area contributed by atoms with Gasteiger partial charge in [0.2, 0.25) is 0 Å². The van der Waals surface area contributed by atoms with Crippen molar-refractivity contribution in [2.24, 2.45) is 0 Å². The molecule has 1 saturated heterocycles. The van der Waals surface area contributed by atoms with Crippen molar-refractivity contribution in [3.8, 4) is 0 Å². The third kappa shape index (κ3) is 3.04. The molecule has 2 aliphatic rings. The molecule has 30 heavy (non-hydrogen) atoms. The average Bonchev–Trinajstić information content (AvgIpc) is 2.78. The molecule has 148 valence electrons. The number of hydrogen-bond donors (Lipinski definition) is 0. The lowest BCUT2D eigenvalue weighted by atomic mass is 9.84. The lowest BCUT2D eigenvalue weighted by Crippen LogP contribution is -2.53. The molecule has 2 heteroatoms. The molecule has 1 fully saturated rings. The number of rotatable bonds is 3. The van der Waals surface area contributed by atoms with Gasteiger partial charge in [0.25, 0.3) is 0 Å². The van der Waals surface area contributed by atoms with Crippen LogP contribution in [0.4, 0.5) is 0 Å². The number of nitrogens with zero attached hydrogens (tertiary/aromatic N) is 1. The van der Waals surface area contributed by atoms with E-state index >= 15 is 0 Å². The second-order valence-corrected chi connectivity index (χ2v) is 8.51. The van der Waals surface area contributed by atoms with Crippen LogP contribution in [0.2, 0.25) is 0 Å². The summed E-state index contributed by atoms with van der Waals surface area (Å²) in [5.74, 6) is 0. The fraction of sp³-hybridized carbons (Fsp3) is 0.214. The predicted octanol–water partition coefficient (Wildman–Crippen LogP) is 6.05. The summed E-state index contributed by atoms with van der Waals surface area (Å²) in [7, 11) is 0. The molecular weight excluding hydrogens is 366 g/mol. The predicted molar refractivity (Wildman–Crippen MR) is 124 cm³/mol. The van der Waals surface area contributed by atoms with Gasteiger partial charge in [-0.3, -0.25) is 4.90 Å². The van der Waals surface area contributed by atoms with Crippen molar-refractivity contribution in [1.29, 1.82) is 0 Å². The highest BCUT2D eigenvalue weighted by Gasteiger charge is 2.35. The summed E-state index contributed by atoms with van der Waals surface area (Å²) < 4.78 is 5.98. The van der Waals surface area contributed by atoms with Gasteiger partial charge in [0.1, 0.15) is 0 Å². The van der Waals surface area contributed by atoms with Gasteiger partial charge in [0.15, 0.2) is 0 Å². The maximum atomic E-state index is 5.98. The van der Waals surface area contributed by atoms with Gasteiger partial charge < -0.3 is 4.74 Å². The highest BCUT2D eigenvalue weighted by molar-refractivity contribution is 6.09. The normalized spacial score (nSPS) is 21.7. The summed E-state index contributed by atoms with van der Waals surface area (Å²) in [4.78, 5) is 2.63. The first-order valence-electron chi connectivity index (χ1n) is 10.9. The van der Waals surface area contributed by atoms with E-state index in [-0.39, 0.29) is 0 Å². The van der Waals surface area contributed by atoms with Crippen molar-refractivity contribution in [1.82, 2.24) is 4.90 Å². The number of hydrogen-bond acceptors (Lipinski definition) is 2. The van der Waals surface area contributed by atoms with E-state index in [0.29, 0.717) is 12.1 Å². The highest BCUT2D eigenvalue weighted by Crippen LogP contribution is 2.40. The Kier molecular flexibility index (Phi) is 4.40. The minimum absolute atomic E-state index is 0.324. The highest BCUT2D eigenvalue weighted by atomic mass is 16.5. The fourth-order valence-corrected chi connectivity index (χ4v) is 5.25. The van der Waals surface area contributed by atoms with E-state index in [4.69, 9.17) is 4.74 Å². The van der Waals surface area contributed by atoms with Crippen LogP contribution >= 0.6 is 0 Å². The van der Waals surface area contributed by atoms with Crippen LogP contribution in [-0.2, 0) is 11.3 Å². The molecule has 0 aliphatic carbocycles. The van der Waals surface area contributed by atoms with Gasteiger partial charge in [0.05, 0.1) is 19.3 Å². The van der Waals surface area contributed by atoms with Gasteiger partial charge >= 0.3 is 0 Å². The third-order valence-corrected chi connectivity index (χ3v) is 6.64. The standard InChI is InChI=1S/C28H25NO/c1-2-8-20(9-3-1)17-29-24-15-23(16-25(29)19-30-18-24)28-26-12-6-4-10-21(26)14-22-11-5-7-13-27(22)28/h1-15,24-25H,16-19H2. The largest absolute Gasteiger partial charge is 0.378 e. The molecule has 4 aromatic rings. The van der Waals surface area contributed by atoms with E-state index in [1.54, 1.807) is 0 Å². The van der Waals surface area contributed by atoms with E-state index in [9.17, 15) is 0 Å². The third-order valence-electron chi connectivity index (χ3n) is 6.64. The van der Waals surface area contributed by atoms with Crippen LogP contribution in [0, 0.1) is 0 Å². The summed E-state index contributed by atoms with van der Waals surface area (Å²) in [6.45, 7) is 2.57. The Labute approximate surface area is 177 Å². The van der Waals surface area contributed by atoms with Crippen molar-refractivity contribution in [3.05, 3.63) is 102 Å². The van der Waals surface area contributed by atoms with Crippen molar-refractivity contribution in [2.75, 3.05) is 13.2 Å². The van der Waals surface area contributed by atoms with Gasteiger partial charge in [-0.05, 0) is 50.7 Å². The molecule has 2 nitrogen and oxygen atoms in total. The van der Waals surface area contributed by atoms with Gasteiger partial charge in [-0.1, -0.05) is 84.9 Å². The molecule has 0 spiro atoms. The van der Waals surface area contributed by atoms with Crippen molar-refractivity contribution < 1.29 is 4.74 Å².